The van der Waals surface area contributed by atoms with E-state index in [9.17, 15) is 4.79 Å². The van der Waals surface area contributed by atoms with E-state index in [2.05, 4.69) is 14.8 Å². The van der Waals surface area contributed by atoms with E-state index in [0.29, 0.717) is 11.2 Å². The Hall–Kier alpha value is -2.02. The van der Waals surface area contributed by atoms with Crippen LogP contribution in [-0.2, 0) is 4.79 Å². The molecule has 0 spiro atoms. The molecule has 0 amide bonds. The van der Waals surface area contributed by atoms with E-state index < -0.39 is 5.97 Å². The zero-order valence-electron chi connectivity index (χ0n) is 13.6. The molecule has 0 unspecified atom stereocenters. The van der Waals surface area contributed by atoms with Gasteiger partial charge in [0.05, 0.1) is 12.9 Å². The van der Waals surface area contributed by atoms with Gasteiger partial charge < -0.3 is 9.84 Å². The summed E-state index contributed by atoms with van der Waals surface area (Å²) in [5.74, 6) is 0.748. The summed E-state index contributed by atoms with van der Waals surface area (Å²) in [5.41, 5.74) is 0.969. The summed E-state index contributed by atoms with van der Waals surface area (Å²) < 4.78 is 7.34. The van der Waals surface area contributed by atoms with Gasteiger partial charge >= 0.3 is 5.97 Å². The van der Waals surface area contributed by atoms with Crippen LogP contribution >= 0.6 is 11.8 Å². The fourth-order valence-corrected chi connectivity index (χ4v) is 3.83. The normalized spacial score (nSPS) is 15.4. The number of carboxylic acid groups (broad SMARTS) is 1. The van der Waals surface area contributed by atoms with E-state index in [4.69, 9.17) is 9.84 Å². The van der Waals surface area contributed by atoms with Gasteiger partial charge in [-0.2, -0.15) is 0 Å². The largest absolute Gasteiger partial charge is 0.497 e. The first kappa shape index (κ1) is 16.8. The minimum atomic E-state index is -0.843. The first-order valence-corrected chi connectivity index (χ1v) is 9.11. The van der Waals surface area contributed by atoms with E-state index in [1.165, 1.54) is 31.0 Å². The maximum atomic E-state index is 10.9. The fraction of sp³-hybridized carbons (Fsp3) is 0.471. The number of nitrogens with zero attached hydrogens (tertiary/aromatic N) is 3. The standard InChI is InChI=1S/C17H21N3O3S/c1-23-14-9-7-12(8-10-14)16-18-19-17(24-11-15(21)22)20(16)13-5-3-2-4-6-13/h7-10,13H,2-6,11H2,1H3,(H,21,22). The first-order valence-electron chi connectivity index (χ1n) is 8.13. The number of thioether (sulfide) groups is 1. The number of benzene rings is 1. The summed E-state index contributed by atoms with van der Waals surface area (Å²) in [4.78, 5) is 10.9. The summed E-state index contributed by atoms with van der Waals surface area (Å²) in [5, 5.41) is 18.3. The van der Waals surface area contributed by atoms with Crippen LogP contribution in [0.4, 0.5) is 0 Å². The van der Waals surface area contributed by atoms with E-state index >= 15 is 0 Å². The Morgan fingerprint density at radius 3 is 2.58 bits per heavy atom. The van der Waals surface area contributed by atoms with Crippen LogP contribution < -0.4 is 4.74 Å². The lowest BCUT2D eigenvalue weighted by atomic mass is 9.95. The highest BCUT2D eigenvalue weighted by atomic mass is 32.2. The summed E-state index contributed by atoms with van der Waals surface area (Å²) in [7, 11) is 1.64. The highest BCUT2D eigenvalue weighted by Gasteiger charge is 2.24. The molecule has 3 rings (SSSR count). The molecule has 1 aliphatic carbocycles. The molecule has 0 saturated heterocycles. The number of aliphatic carboxylic acids is 1. The third-order valence-electron chi connectivity index (χ3n) is 4.28. The van der Waals surface area contributed by atoms with Crippen LogP contribution in [-0.4, -0.2) is 38.7 Å². The maximum absolute atomic E-state index is 10.9. The maximum Gasteiger partial charge on any atom is 0.313 e. The zero-order chi connectivity index (χ0) is 16.9. The Morgan fingerprint density at radius 2 is 1.96 bits per heavy atom. The SMILES string of the molecule is COc1ccc(-c2nnc(SCC(=O)O)n2C2CCCCC2)cc1. The average Bonchev–Trinajstić information content (AvgIpc) is 3.04. The van der Waals surface area contributed by atoms with Crippen molar-refractivity contribution in [3.05, 3.63) is 24.3 Å². The van der Waals surface area contributed by atoms with Crippen LogP contribution in [0, 0.1) is 0 Å². The lowest BCUT2D eigenvalue weighted by Gasteiger charge is -2.25. The predicted octanol–water partition coefficient (Wildman–Crippen LogP) is 3.64. The van der Waals surface area contributed by atoms with E-state index in [1.807, 2.05) is 24.3 Å². The first-order chi connectivity index (χ1) is 11.7. The Kier molecular flexibility index (Phi) is 5.40. The van der Waals surface area contributed by atoms with Crippen LogP contribution in [0.3, 0.4) is 0 Å². The molecule has 128 valence electrons. The van der Waals surface area contributed by atoms with Gasteiger partial charge in [-0.05, 0) is 37.1 Å². The van der Waals surface area contributed by atoms with Gasteiger partial charge in [0.15, 0.2) is 11.0 Å². The van der Waals surface area contributed by atoms with Gasteiger partial charge in [0, 0.05) is 11.6 Å². The fourth-order valence-electron chi connectivity index (χ4n) is 3.11. The van der Waals surface area contributed by atoms with E-state index in [0.717, 1.165) is 30.0 Å². The van der Waals surface area contributed by atoms with Gasteiger partial charge in [0.1, 0.15) is 5.75 Å². The number of hydrogen-bond acceptors (Lipinski definition) is 5. The van der Waals surface area contributed by atoms with E-state index in [-0.39, 0.29) is 5.75 Å². The molecule has 1 heterocycles. The average molecular weight is 347 g/mol. The Balaban J connectivity index is 1.95. The number of carbonyl (C=O) groups is 1. The van der Waals surface area contributed by atoms with Crippen molar-refractivity contribution in [3.63, 3.8) is 0 Å². The van der Waals surface area contributed by atoms with Crippen molar-refractivity contribution in [2.75, 3.05) is 12.9 Å². The molecule has 24 heavy (non-hydrogen) atoms. The quantitative estimate of drug-likeness (QED) is 0.804. The number of rotatable bonds is 6. The molecule has 1 aromatic carbocycles. The number of hydrogen-bond donors (Lipinski definition) is 1. The van der Waals surface area contributed by atoms with Crippen LogP contribution in [0.5, 0.6) is 5.75 Å². The summed E-state index contributed by atoms with van der Waals surface area (Å²) >= 11 is 1.24. The molecule has 1 aromatic heterocycles. The third kappa shape index (κ3) is 3.72. The topological polar surface area (TPSA) is 77.2 Å². The minimum absolute atomic E-state index is 0.00648. The highest BCUT2D eigenvalue weighted by molar-refractivity contribution is 7.99. The lowest BCUT2D eigenvalue weighted by molar-refractivity contribution is -0.133. The third-order valence-corrected chi connectivity index (χ3v) is 5.21. The Labute approximate surface area is 145 Å². The molecule has 1 fully saturated rings. The molecule has 7 heteroatoms. The minimum Gasteiger partial charge on any atom is -0.497 e. The van der Waals surface area contributed by atoms with Crippen molar-refractivity contribution in [1.29, 1.82) is 0 Å². The smallest absolute Gasteiger partial charge is 0.313 e. The van der Waals surface area contributed by atoms with Gasteiger partial charge in [0.25, 0.3) is 0 Å². The number of methoxy groups -OCH3 is 1. The summed E-state index contributed by atoms with van der Waals surface area (Å²) in [6.07, 6.45) is 5.81. The second kappa shape index (κ2) is 7.70. The number of carboxylic acids is 1. The highest BCUT2D eigenvalue weighted by Crippen LogP contribution is 2.35. The van der Waals surface area contributed by atoms with Crippen molar-refractivity contribution < 1.29 is 14.6 Å². The molecule has 6 nitrogen and oxygen atoms in total. The van der Waals surface area contributed by atoms with Crippen LogP contribution in [0.15, 0.2) is 29.4 Å². The lowest BCUT2D eigenvalue weighted by Crippen LogP contribution is -2.15. The molecular weight excluding hydrogens is 326 g/mol. The predicted molar refractivity (Wildman–Crippen MR) is 92.5 cm³/mol. The molecule has 2 aromatic rings. The monoisotopic (exact) mass is 347 g/mol. The van der Waals surface area contributed by atoms with Crippen molar-refractivity contribution in [1.82, 2.24) is 14.8 Å². The molecule has 0 bridgehead atoms. The summed E-state index contributed by atoms with van der Waals surface area (Å²) in [6, 6.07) is 8.07. The van der Waals surface area contributed by atoms with Crippen molar-refractivity contribution in [2.24, 2.45) is 0 Å². The Morgan fingerprint density at radius 1 is 1.25 bits per heavy atom. The second-order valence-electron chi connectivity index (χ2n) is 5.88. The second-order valence-corrected chi connectivity index (χ2v) is 6.82. The molecular formula is C17H21N3O3S. The summed E-state index contributed by atoms with van der Waals surface area (Å²) in [6.45, 7) is 0. The Bertz CT molecular complexity index is 694. The van der Waals surface area contributed by atoms with Gasteiger partial charge in [-0.15, -0.1) is 10.2 Å². The van der Waals surface area contributed by atoms with Crippen LogP contribution in [0.1, 0.15) is 38.1 Å². The van der Waals surface area contributed by atoms with Gasteiger partial charge in [0.2, 0.25) is 0 Å². The molecule has 1 aliphatic rings. The van der Waals surface area contributed by atoms with Gasteiger partial charge in [-0.3, -0.25) is 9.36 Å². The molecule has 0 radical (unpaired) electrons. The van der Waals surface area contributed by atoms with Crippen molar-refractivity contribution in [3.8, 4) is 17.1 Å². The van der Waals surface area contributed by atoms with Crippen molar-refractivity contribution >= 4 is 17.7 Å². The van der Waals surface area contributed by atoms with Gasteiger partial charge in [-0.1, -0.05) is 31.0 Å². The van der Waals surface area contributed by atoms with Gasteiger partial charge in [-0.25, -0.2) is 0 Å². The molecule has 0 aliphatic heterocycles. The number of ether oxygens (including phenoxy) is 1. The van der Waals surface area contributed by atoms with Crippen LogP contribution in [0.2, 0.25) is 0 Å². The van der Waals surface area contributed by atoms with Crippen molar-refractivity contribution in [2.45, 2.75) is 43.3 Å². The molecule has 1 saturated carbocycles. The van der Waals surface area contributed by atoms with E-state index in [1.54, 1.807) is 7.11 Å². The van der Waals surface area contributed by atoms with Crippen LogP contribution in [0.25, 0.3) is 11.4 Å². The zero-order valence-corrected chi connectivity index (χ0v) is 14.5. The molecule has 0 atom stereocenters. The molecule has 1 N–H and O–H groups in total. The number of aromatic nitrogens is 3.